The average molecular weight is 444 g/mol. The Labute approximate surface area is 184 Å². The third kappa shape index (κ3) is 5.54. The Morgan fingerprint density at radius 1 is 1.23 bits per heavy atom. The van der Waals surface area contributed by atoms with E-state index >= 15 is 0 Å². The summed E-state index contributed by atoms with van der Waals surface area (Å²) < 4.78 is 6.81. The molecule has 0 saturated heterocycles. The molecule has 3 aromatic heterocycles. The van der Waals surface area contributed by atoms with Gasteiger partial charge in [0.1, 0.15) is 11.3 Å². The first kappa shape index (κ1) is 22.2. The molecule has 0 spiro atoms. The van der Waals surface area contributed by atoms with E-state index in [0.717, 1.165) is 6.42 Å². The lowest BCUT2D eigenvalue weighted by Gasteiger charge is -2.15. The molecule has 31 heavy (non-hydrogen) atoms. The molecule has 0 aliphatic rings. The molecule has 10 nitrogen and oxygen atoms in total. The zero-order valence-electron chi connectivity index (χ0n) is 17.3. The number of nitrogens with zero attached hydrogens (tertiary/aromatic N) is 5. The summed E-state index contributed by atoms with van der Waals surface area (Å²) in [6, 6.07) is 6.83. The molecule has 162 valence electrons. The Hall–Kier alpha value is -3.53. The predicted octanol–water partition coefficient (Wildman–Crippen LogP) is 3.97. The standard InChI is InChI=1S/C20H22ClN7O3/c1-4-6-16(29)24-13-8-9-15(23-11-13)17-19(28(3)27-26-17)25-20(30)31-12(2)14-7-5-10-22-18(14)21/h5,7-12H,4,6H2,1-3H3,(H,24,29)(H,25,30)/t12-/m1/s1. The van der Waals surface area contributed by atoms with Gasteiger partial charge in [-0.1, -0.05) is 29.8 Å². The third-order valence-corrected chi connectivity index (χ3v) is 4.64. The van der Waals surface area contributed by atoms with Crippen LogP contribution in [0.15, 0.2) is 36.7 Å². The number of pyridine rings is 2. The number of anilines is 2. The molecule has 0 aliphatic carbocycles. The van der Waals surface area contributed by atoms with Gasteiger partial charge in [0, 0.05) is 25.2 Å². The van der Waals surface area contributed by atoms with Crippen LogP contribution in [0.1, 0.15) is 38.4 Å². The Bertz CT molecular complexity index is 1070. The Morgan fingerprint density at radius 3 is 2.71 bits per heavy atom. The molecule has 0 fully saturated rings. The van der Waals surface area contributed by atoms with E-state index in [1.54, 1.807) is 44.4 Å². The minimum atomic E-state index is -0.706. The highest BCUT2D eigenvalue weighted by molar-refractivity contribution is 6.30. The maximum absolute atomic E-state index is 12.4. The van der Waals surface area contributed by atoms with Crippen LogP contribution in [0.2, 0.25) is 5.15 Å². The maximum Gasteiger partial charge on any atom is 0.413 e. The Balaban J connectivity index is 1.71. The number of aromatic nitrogens is 5. The average Bonchev–Trinajstić information content (AvgIpc) is 3.09. The van der Waals surface area contributed by atoms with Gasteiger partial charge in [-0.2, -0.15) is 0 Å². The summed E-state index contributed by atoms with van der Waals surface area (Å²) in [6.07, 6.45) is 2.95. The fourth-order valence-electron chi connectivity index (χ4n) is 2.78. The van der Waals surface area contributed by atoms with Crippen LogP contribution >= 0.6 is 11.6 Å². The van der Waals surface area contributed by atoms with Gasteiger partial charge in [0.05, 0.1) is 17.6 Å². The first-order valence-electron chi connectivity index (χ1n) is 9.63. The summed E-state index contributed by atoms with van der Waals surface area (Å²) in [5.74, 6) is 0.231. The number of ether oxygens (including phenoxy) is 1. The number of amides is 2. The third-order valence-electron chi connectivity index (χ3n) is 4.32. The number of hydrogen-bond donors (Lipinski definition) is 2. The van der Waals surface area contributed by atoms with Crippen LogP contribution in [-0.2, 0) is 16.6 Å². The molecular formula is C20H22ClN7O3. The number of nitrogens with one attached hydrogen (secondary N) is 2. The summed E-state index contributed by atoms with van der Waals surface area (Å²) in [6.45, 7) is 3.62. The lowest BCUT2D eigenvalue weighted by Crippen LogP contribution is -2.18. The van der Waals surface area contributed by atoms with Crippen molar-refractivity contribution in [3.63, 3.8) is 0 Å². The van der Waals surface area contributed by atoms with Crippen molar-refractivity contribution in [3.05, 3.63) is 47.4 Å². The molecule has 0 saturated carbocycles. The number of rotatable bonds is 7. The second-order valence-corrected chi connectivity index (χ2v) is 7.05. The van der Waals surface area contributed by atoms with E-state index in [2.05, 4.69) is 30.9 Å². The van der Waals surface area contributed by atoms with E-state index in [-0.39, 0.29) is 11.1 Å². The van der Waals surface area contributed by atoms with Gasteiger partial charge >= 0.3 is 6.09 Å². The summed E-state index contributed by atoms with van der Waals surface area (Å²) in [5.41, 5.74) is 1.99. The number of carbonyl (C=O) groups excluding carboxylic acids is 2. The van der Waals surface area contributed by atoms with Gasteiger partial charge in [-0.25, -0.2) is 14.5 Å². The van der Waals surface area contributed by atoms with E-state index < -0.39 is 12.2 Å². The van der Waals surface area contributed by atoms with Gasteiger partial charge in [0.25, 0.3) is 0 Å². The van der Waals surface area contributed by atoms with Crippen molar-refractivity contribution in [1.82, 2.24) is 25.0 Å². The van der Waals surface area contributed by atoms with Gasteiger partial charge in [-0.3, -0.25) is 15.1 Å². The van der Waals surface area contributed by atoms with Crippen molar-refractivity contribution < 1.29 is 14.3 Å². The smallest absolute Gasteiger partial charge is 0.413 e. The fourth-order valence-corrected chi connectivity index (χ4v) is 3.05. The molecule has 3 rings (SSSR count). The van der Waals surface area contributed by atoms with Crippen LogP contribution in [-0.4, -0.2) is 37.0 Å². The number of aryl methyl sites for hydroxylation is 1. The molecule has 0 radical (unpaired) electrons. The largest absolute Gasteiger partial charge is 0.441 e. The lowest BCUT2D eigenvalue weighted by molar-refractivity contribution is -0.116. The predicted molar refractivity (Wildman–Crippen MR) is 116 cm³/mol. The van der Waals surface area contributed by atoms with Crippen LogP contribution in [0, 0.1) is 0 Å². The first-order valence-corrected chi connectivity index (χ1v) is 10.0. The van der Waals surface area contributed by atoms with Gasteiger partial charge < -0.3 is 10.1 Å². The van der Waals surface area contributed by atoms with Gasteiger partial charge in [-0.05, 0) is 31.5 Å². The molecule has 0 aliphatic heterocycles. The van der Waals surface area contributed by atoms with E-state index in [4.69, 9.17) is 16.3 Å². The molecule has 0 unspecified atom stereocenters. The highest BCUT2D eigenvalue weighted by Gasteiger charge is 2.20. The zero-order chi connectivity index (χ0) is 22.4. The van der Waals surface area contributed by atoms with Crippen molar-refractivity contribution in [1.29, 1.82) is 0 Å². The van der Waals surface area contributed by atoms with E-state index in [9.17, 15) is 9.59 Å². The van der Waals surface area contributed by atoms with Crippen LogP contribution < -0.4 is 10.6 Å². The first-order chi connectivity index (χ1) is 14.9. The summed E-state index contributed by atoms with van der Waals surface area (Å²) >= 11 is 6.06. The van der Waals surface area contributed by atoms with Crippen molar-refractivity contribution in [2.45, 2.75) is 32.8 Å². The van der Waals surface area contributed by atoms with Crippen LogP contribution in [0.4, 0.5) is 16.3 Å². The van der Waals surface area contributed by atoms with Gasteiger partial charge in [-0.15, -0.1) is 5.10 Å². The monoisotopic (exact) mass is 443 g/mol. The Morgan fingerprint density at radius 2 is 2.03 bits per heavy atom. The highest BCUT2D eigenvalue weighted by Crippen LogP contribution is 2.26. The van der Waals surface area contributed by atoms with Crippen molar-refractivity contribution >= 4 is 35.1 Å². The molecule has 0 bridgehead atoms. The molecule has 1 atom stereocenters. The van der Waals surface area contributed by atoms with E-state index in [1.807, 2.05) is 6.92 Å². The zero-order valence-corrected chi connectivity index (χ0v) is 18.1. The Kier molecular flexibility index (Phi) is 7.14. The van der Waals surface area contributed by atoms with Gasteiger partial charge in [0.15, 0.2) is 11.5 Å². The second kappa shape index (κ2) is 9.98. The molecule has 3 aromatic rings. The molecule has 3 heterocycles. The van der Waals surface area contributed by atoms with E-state index in [0.29, 0.717) is 34.9 Å². The summed E-state index contributed by atoms with van der Waals surface area (Å²) in [7, 11) is 1.63. The highest BCUT2D eigenvalue weighted by atomic mass is 35.5. The number of hydrogen-bond acceptors (Lipinski definition) is 7. The molecule has 0 aromatic carbocycles. The van der Waals surface area contributed by atoms with Gasteiger partial charge in [0.2, 0.25) is 5.91 Å². The lowest BCUT2D eigenvalue weighted by atomic mass is 10.2. The molecule has 2 amide bonds. The normalized spacial score (nSPS) is 11.6. The van der Waals surface area contributed by atoms with Crippen molar-refractivity contribution in [2.24, 2.45) is 7.05 Å². The summed E-state index contributed by atoms with van der Waals surface area (Å²) in [4.78, 5) is 32.5. The SMILES string of the molecule is CCCC(=O)Nc1ccc(-c2nnn(C)c2NC(=O)O[C@H](C)c2cccnc2Cl)nc1. The minimum absolute atomic E-state index is 0.0792. The van der Waals surface area contributed by atoms with Crippen LogP contribution in [0.5, 0.6) is 0 Å². The number of halogens is 1. The molecule has 2 N–H and O–H groups in total. The van der Waals surface area contributed by atoms with Crippen molar-refractivity contribution in [3.8, 4) is 11.4 Å². The van der Waals surface area contributed by atoms with Crippen molar-refractivity contribution in [2.75, 3.05) is 10.6 Å². The van der Waals surface area contributed by atoms with Crippen LogP contribution in [0.25, 0.3) is 11.4 Å². The topological polar surface area (TPSA) is 124 Å². The minimum Gasteiger partial charge on any atom is -0.441 e. The maximum atomic E-state index is 12.4. The molecular weight excluding hydrogens is 422 g/mol. The molecule has 11 heteroatoms. The second-order valence-electron chi connectivity index (χ2n) is 6.70. The fraction of sp³-hybridized carbons (Fsp3) is 0.300. The number of carbonyl (C=O) groups is 2. The summed E-state index contributed by atoms with van der Waals surface area (Å²) in [5, 5.41) is 13.7. The van der Waals surface area contributed by atoms with Crippen LogP contribution in [0.3, 0.4) is 0 Å². The van der Waals surface area contributed by atoms with E-state index in [1.165, 1.54) is 10.9 Å². The quantitative estimate of drug-likeness (QED) is 0.529.